The highest BCUT2D eigenvalue weighted by Gasteiger charge is 2.27. The number of hydrogen-bond donors (Lipinski definition) is 0. The molecule has 1 aliphatic rings. The predicted octanol–water partition coefficient (Wildman–Crippen LogP) is 2.12. The number of aryl methyl sites for hydroxylation is 1. The van der Waals surface area contributed by atoms with E-state index in [-0.39, 0.29) is 5.91 Å². The van der Waals surface area contributed by atoms with Gasteiger partial charge in [-0.3, -0.25) is 4.79 Å². The number of carbonyl (C=O) groups is 1. The molecule has 0 aliphatic carbocycles. The molecule has 1 aromatic heterocycles. The van der Waals surface area contributed by atoms with Gasteiger partial charge in [0, 0.05) is 37.0 Å². The fraction of sp³-hybridized carbons (Fsp3) is 0.467. The topological polar surface area (TPSA) is 63.9 Å². The van der Waals surface area contributed by atoms with Crippen LogP contribution in [0.15, 0.2) is 30.6 Å². The van der Waals surface area contributed by atoms with Crippen molar-refractivity contribution in [3.8, 4) is 0 Å². The Labute approximate surface area is 134 Å². The lowest BCUT2D eigenvalue weighted by atomic mass is 9.98. The van der Waals surface area contributed by atoms with Gasteiger partial charge in [0.05, 0.1) is 0 Å². The fourth-order valence-electron chi connectivity index (χ4n) is 2.88. The minimum Gasteiger partial charge on any atom is -0.342 e. The molecule has 0 unspecified atom stereocenters. The van der Waals surface area contributed by atoms with Gasteiger partial charge in [-0.15, -0.1) is 5.10 Å². The first-order valence-electron chi connectivity index (χ1n) is 7.47. The van der Waals surface area contributed by atoms with Crippen LogP contribution in [0.2, 0.25) is 5.02 Å². The molecule has 1 atom stereocenters. The monoisotopic (exact) mass is 319 g/mol. The van der Waals surface area contributed by atoms with Crippen LogP contribution in [0.1, 0.15) is 30.7 Å². The summed E-state index contributed by atoms with van der Waals surface area (Å²) < 4.78 is 1.64. The van der Waals surface area contributed by atoms with Crippen LogP contribution in [0, 0.1) is 0 Å². The number of benzene rings is 1. The first kappa shape index (κ1) is 15.0. The van der Waals surface area contributed by atoms with Gasteiger partial charge >= 0.3 is 0 Å². The predicted molar refractivity (Wildman–Crippen MR) is 82.4 cm³/mol. The Bertz CT molecular complexity index is 631. The second kappa shape index (κ2) is 6.87. The zero-order valence-electron chi connectivity index (χ0n) is 12.2. The van der Waals surface area contributed by atoms with E-state index < -0.39 is 0 Å². The molecule has 0 radical (unpaired) electrons. The molecular formula is C15H18ClN5O. The third-order valence-electron chi connectivity index (χ3n) is 4.06. The molecule has 1 fully saturated rings. The van der Waals surface area contributed by atoms with Crippen LogP contribution in [-0.4, -0.2) is 44.1 Å². The van der Waals surface area contributed by atoms with Crippen LogP contribution in [0.4, 0.5) is 0 Å². The Kier molecular flexibility index (Phi) is 4.68. The zero-order valence-corrected chi connectivity index (χ0v) is 13.0. The normalized spacial score (nSPS) is 17.9. The fourth-order valence-corrected chi connectivity index (χ4v) is 3.17. The number of hydrogen-bond acceptors (Lipinski definition) is 4. The number of tetrazole rings is 1. The van der Waals surface area contributed by atoms with Crippen LogP contribution in [0.25, 0.3) is 0 Å². The van der Waals surface area contributed by atoms with Crippen molar-refractivity contribution in [1.29, 1.82) is 0 Å². The first-order valence-corrected chi connectivity index (χ1v) is 7.85. The lowest BCUT2D eigenvalue weighted by molar-refractivity contribution is -0.130. The number of carbonyl (C=O) groups excluding carboxylic acids is 1. The van der Waals surface area contributed by atoms with Gasteiger partial charge in [0.1, 0.15) is 6.33 Å². The molecule has 2 aromatic rings. The van der Waals surface area contributed by atoms with Crippen molar-refractivity contribution in [3.05, 3.63) is 41.2 Å². The third-order valence-corrected chi connectivity index (χ3v) is 4.40. The minimum absolute atomic E-state index is 0.197. The van der Waals surface area contributed by atoms with Crippen molar-refractivity contribution in [3.63, 3.8) is 0 Å². The van der Waals surface area contributed by atoms with E-state index in [0.29, 0.717) is 18.9 Å². The van der Waals surface area contributed by atoms with Crippen molar-refractivity contribution in [2.45, 2.75) is 31.7 Å². The molecule has 1 saturated heterocycles. The number of rotatable bonds is 5. The molecular weight excluding hydrogens is 302 g/mol. The number of nitrogens with zero attached hydrogens (tertiary/aromatic N) is 5. The van der Waals surface area contributed by atoms with Gasteiger partial charge in [0.25, 0.3) is 0 Å². The van der Waals surface area contributed by atoms with Gasteiger partial charge in [-0.1, -0.05) is 29.8 Å². The summed E-state index contributed by atoms with van der Waals surface area (Å²) in [5, 5.41) is 11.7. The van der Waals surface area contributed by atoms with E-state index in [0.717, 1.165) is 36.5 Å². The van der Waals surface area contributed by atoms with Crippen molar-refractivity contribution in [2.75, 3.05) is 13.1 Å². The molecule has 0 bridgehead atoms. The van der Waals surface area contributed by atoms with E-state index in [2.05, 4.69) is 21.6 Å². The summed E-state index contributed by atoms with van der Waals surface area (Å²) in [6.45, 7) is 2.23. The Morgan fingerprint density at radius 2 is 2.23 bits per heavy atom. The number of aromatic nitrogens is 4. The summed E-state index contributed by atoms with van der Waals surface area (Å²) in [6, 6.07) is 7.90. The molecule has 1 aromatic carbocycles. The van der Waals surface area contributed by atoms with Gasteiger partial charge in [-0.2, -0.15) is 0 Å². The van der Waals surface area contributed by atoms with Crippen LogP contribution in [0.5, 0.6) is 0 Å². The lowest BCUT2D eigenvalue weighted by Gasteiger charge is -2.17. The summed E-state index contributed by atoms with van der Waals surface area (Å²) >= 11 is 6.25. The average molecular weight is 320 g/mol. The van der Waals surface area contributed by atoms with Crippen LogP contribution in [-0.2, 0) is 11.3 Å². The summed E-state index contributed by atoms with van der Waals surface area (Å²) in [5.74, 6) is 0.541. The van der Waals surface area contributed by atoms with Crippen LogP contribution in [0.3, 0.4) is 0 Å². The Balaban J connectivity index is 1.49. The largest absolute Gasteiger partial charge is 0.342 e. The quantitative estimate of drug-likeness (QED) is 0.847. The van der Waals surface area contributed by atoms with E-state index >= 15 is 0 Å². The van der Waals surface area contributed by atoms with E-state index in [1.165, 1.54) is 0 Å². The molecule has 116 valence electrons. The summed E-state index contributed by atoms with van der Waals surface area (Å²) in [7, 11) is 0. The van der Waals surface area contributed by atoms with E-state index in [1.807, 2.05) is 23.1 Å². The number of amides is 1. The van der Waals surface area contributed by atoms with Gasteiger partial charge in [0.2, 0.25) is 5.91 Å². The number of halogens is 1. The van der Waals surface area contributed by atoms with Gasteiger partial charge in [-0.25, -0.2) is 4.68 Å². The molecule has 0 saturated carbocycles. The third kappa shape index (κ3) is 3.44. The molecule has 3 rings (SSSR count). The summed E-state index contributed by atoms with van der Waals surface area (Å²) in [5.41, 5.74) is 1.15. The maximum Gasteiger partial charge on any atom is 0.222 e. The molecule has 0 spiro atoms. The van der Waals surface area contributed by atoms with Gasteiger partial charge < -0.3 is 4.90 Å². The maximum absolute atomic E-state index is 12.3. The van der Waals surface area contributed by atoms with E-state index in [9.17, 15) is 4.79 Å². The SMILES string of the molecule is O=C(CCCn1cnnn1)N1CC[C@H](c2ccccc2Cl)C1. The Morgan fingerprint density at radius 3 is 3.00 bits per heavy atom. The summed E-state index contributed by atoms with van der Waals surface area (Å²) in [6.07, 6.45) is 3.81. The lowest BCUT2D eigenvalue weighted by Crippen LogP contribution is -2.28. The van der Waals surface area contributed by atoms with E-state index in [1.54, 1.807) is 11.0 Å². The van der Waals surface area contributed by atoms with Crippen molar-refractivity contribution >= 4 is 17.5 Å². The van der Waals surface area contributed by atoms with Gasteiger partial charge in [0.15, 0.2) is 0 Å². The van der Waals surface area contributed by atoms with E-state index in [4.69, 9.17) is 11.6 Å². The Morgan fingerprint density at radius 1 is 1.36 bits per heavy atom. The average Bonchev–Trinajstić information content (AvgIpc) is 3.19. The second-order valence-corrected chi connectivity index (χ2v) is 5.93. The molecule has 6 nitrogen and oxygen atoms in total. The zero-order chi connectivity index (χ0) is 15.4. The second-order valence-electron chi connectivity index (χ2n) is 5.52. The molecule has 2 heterocycles. The molecule has 22 heavy (non-hydrogen) atoms. The van der Waals surface area contributed by atoms with Crippen molar-refractivity contribution in [2.24, 2.45) is 0 Å². The molecule has 1 amide bonds. The van der Waals surface area contributed by atoms with Crippen molar-refractivity contribution < 1.29 is 4.79 Å². The Hall–Kier alpha value is -1.95. The highest BCUT2D eigenvalue weighted by molar-refractivity contribution is 6.31. The molecule has 0 N–H and O–H groups in total. The van der Waals surface area contributed by atoms with Crippen molar-refractivity contribution in [1.82, 2.24) is 25.1 Å². The van der Waals surface area contributed by atoms with Gasteiger partial charge in [-0.05, 0) is 34.9 Å². The summed E-state index contributed by atoms with van der Waals surface area (Å²) in [4.78, 5) is 14.2. The highest BCUT2D eigenvalue weighted by atomic mass is 35.5. The van der Waals surface area contributed by atoms with Crippen LogP contribution < -0.4 is 0 Å². The van der Waals surface area contributed by atoms with Crippen LogP contribution >= 0.6 is 11.6 Å². The maximum atomic E-state index is 12.3. The number of likely N-dealkylation sites (tertiary alicyclic amines) is 1. The molecule has 7 heteroatoms. The molecule has 1 aliphatic heterocycles. The standard InChI is InChI=1S/C15H18ClN5O/c16-14-5-2-1-4-13(14)12-7-9-20(10-12)15(22)6-3-8-21-11-17-18-19-21/h1-2,4-5,11-12H,3,6-10H2/t12-/m0/s1. The highest BCUT2D eigenvalue weighted by Crippen LogP contribution is 2.32. The smallest absolute Gasteiger partial charge is 0.222 e. The minimum atomic E-state index is 0.197. The first-order chi connectivity index (χ1) is 10.7.